The smallest absolute Gasteiger partial charge is 0.328 e. The van der Waals surface area contributed by atoms with Gasteiger partial charge in [-0.15, -0.1) is 0 Å². The van der Waals surface area contributed by atoms with Gasteiger partial charge in [-0.1, -0.05) is 12.7 Å². The number of hydrogen-bond acceptors (Lipinski definition) is 3. The quantitative estimate of drug-likeness (QED) is 0.452. The average molecular weight is 374 g/mol. The summed E-state index contributed by atoms with van der Waals surface area (Å²) in [6.45, 7) is 6.38. The maximum atomic E-state index is 10.5. The molecule has 0 atom stereocenters. The summed E-state index contributed by atoms with van der Waals surface area (Å²) in [6, 6.07) is 3.59. The van der Waals surface area contributed by atoms with E-state index in [1.165, 1.54) is 6.08 Å². The van der Waals surface area contributed by atoms with Crippen molar-refractivity contribution in [2.75, 3.05) is 13.2 Å². The van der Waals surface area contributed by atoms with Crippen molar-refractivity contribution in [1.29, 1.82) is 0 Å². The van der Waals surface area contributed by atoms with Crippen molar-refractivity contribution in [2.24, 2.45) is 0 Å². The van der Waals surface area contributed by atoms with Crippen LogP contribution in [0.1, 0.15) is 12.5 Å². The summed E-state index contributed by atoms with van der Waals surface area (Å²) in [5.41, 5.74) is 0.751. The van der Waals surface area contributed by atoms with Crippen LogP contribution in [0.25, 0.3) is 6.08 Å². The van der Waals surface area contributed by atoms with Gasteiger partial charge in [-0.05, 0) is 53.3 Å². The monoisotopic (exact) mass is 374 g/mol. The van der Waals surface area contributed by atoms with Crippen molar-refractivity contribution in [3.63, 3.8) is 0 Å². The van der Waals surface area contributed by atoms with E-state index in [1.54, 1.807) is 12.1 Å². The fourth-order valence-corrected chi connectivity index (χ4v) is 2.18. The zero-order chi connectivity index (χ0) is 14.3. The molecule has 0 aliphatic heterocycles. The Balaban J connectivity index is 3.12. The van der Waals surface area contributed by atoms with E-state index in [0.29, 0.717) is 24.7 Å². The second-order valence-corrected chi connectivity index (χ2v) is 4.70. The van der Waals surface area contributed by atoms with Crippen LogP contribution in [0.5, 0.6) is 11.5 Å². The summed E-state index contributed by atoms with van der Waals surface area (Å²) in [5, 5.41) is 8.63. The van der Waals surface area contributed by atoms with E-state index in [4.69, 9.17) is 14.6 Å². The summed E-state index contributed by atoms with van der Waals surface area (Å²) in [6.07, 6.45) is 4.26. The van der Waals surface area contributed by atoms with Crippen LogP contribution in [0.2, 0.25) is 0 Å². The highest BCUT2D eigenvalue weighted by molar-refractivity contribution is 14.1. The Labute approximate surface area is 125 Å². The number of ether oxygens (including phenoxy) is 2. The molecule has 0 spiro atoms. The Morgan fingerprint density at radius 2 is 2.21 bits per heavy atom. The molecule has 0 saturated carbocycles. The topological polar surface area (TPSA) is 55.8 Å². The predicted molar refractivity (Wildman–Crippen MR) is 82.7 cm³/mol. The van der Waals surface area contributed by atoms with Crippen LogP contribution in [0.4, 0.5) is 0 Å². The first-order valence-electron chi connectivity index (χ1n) is 5.69. The maximum Gasteiger partial charge on any atom is 0.328 e. The molecule has 0 bridgehead atoms. The number of carbonyl (C=O) groups is 1. The van der Waals surface area contributed by atoms with Gasteiger partial charge in [0.25, 0.3) is 0 Å². The molecule has 1 N–H and O–H groups in total. The third-order valence-electron chi connectivity index (χ3n) is 2.10. The molecule has 0 heterocycles. The molecular formula is C14H15IO4. The molecule has 1 aromatic carbocycles. The maximum absolute atomic E-state index is 10.5. The zero-order valence-electron chi connectivity index (χ0n) is 10.6. The van der Waals surface area contributed by atoms with Crippen LogP contribution in [-0.2, 0) is 4.79 Å². The van der Waals surface area contributed by atoms with Crippen LogP contribution < -0.4 is 9.47 Å². The first kappa shape index (κ1) is 15.6. The largest absolute Gasteiger partial charge is 0.490 e. The molecule has 0 aromatic heterocycles. The fraction of sp³-hybridized carbons (Fsp3) is 0.214. The molecule has 102 valence electrons. The SMILES string of the molecule is C=CCOc1c(I)cc(C=CC(=O)O)cc1OCC. The van der Waals surface area contributed by atoms with E-state index in [-0.39, 0.29) is 0 Å². The Hall–Kier alpha value is -1.50. The van der Waals surface area contributed by atoms with E-state index in [1.807, 2.05) is 13.0 Å². The Morgan fingerprint density at radius 1 is 1.47 bits per heavy atom. The number of aliphatic carboxylic acids is 1. The van der Waals surface area contributed by atoms with Crippen molar-refractivity contribution in [3.8, 4) is 11.5 Å². The summed E-state index contributed by atoms with van der Waals surface area (Å²) >= 11 is 2.13. The van der Waals surface area contributed by atoms with Crippen LogP contribution >= 0.6 is 22.6 Å². The lowest BCUT2D eigenvalue weighted by atomic mass is 10.2. The second-order valence-electron chi connectivity index (χ2n) is 3.53. The number of carboxylic acids is 1. The fourth-order valence-electron chi connectivity index (χ4n) is 1.40. The van der Waals surface area contributed by atoms with Crippen molar-refractivity contribution >= 4 is 34.6 Å². The Bertz CT molecular complexity index is 494. The lowest BCUT2D eigenvalue weighted by Gasteiger charge is -2.13. The summed E-state index contributed by atoms with van der Waals surface area (Å²) in [5.74, 6) is 0.260. The third kappa shape index (κ3) is 4.94. The van der Waals surface area contributed by atoms with E-state index in [2.05, 4.69) is 29.2 Å². The number of carboxylic acid groups (broad SMARTS) is 1. The van der Waals surface area contributed by atoms with Gasteiger partial charge in [0, 0.05) is 6.08 Å². The molecule has 0 unspecified atom stereocenters. The van der Waals surface area contributed by atoms with Crippen molar-refractivity contribution in [2.45, 2.75) is 6.92 Å². The summed E-state index contributed by atoms with van der Waals surface area (Å²) < 4.78 is 11.9. The van der Waals surface area contributed by atoms with Crippen molar-refractivity contribution in [1.82, 2.24) is 0 Å². The zero-order valence-corrected chi connectivity index (χ0v) is 12.7. The first-order valence-corrected chi connectivity index (χ1v) is 6.77. The minimum atomic E-state index is -0.986. The molecule has 0 amide bonds. The number of hydrogen-bond donors (Lipinski definition) is 1. The molecule has 4 nitrogen and oxygen atoms in total. The van der Waals surface area contributed by atoms with E-state index < -0.39 is 5.97 Å². The number of rotatable bonds is 7. The average Bonchev–Trinajstić information content (AvgIpc) is 2.36. The number of halogens is 1. The lowest BCUT2D eigenvalue weighted by Crippen LogP contribution is -2.01. The highest BCUT2D eigenvalue weighted by atomic mass is 127. The Kier molecular flexibility index (Phi) is 6.41. The van der Waals surface area contributed by atoms with Gasteiger partial charge in [0.1, 0.15) is 6.61 Å². The lowest BCUT2D eigenvalue weighted by molar-refractivity contribution is -0.131. The van der Waals surface area contributed by atoms with Gasteiger partial charge >= 0.3 is 5.97 Å². The minimum Gasteiger partial charge on any atom is -0.490 e. The molecule has 19 heavy (non-hydrogen) atoms. The van der Waals surface area contributed by atoms with Gasteiger partial charge in [-0.2, -0.15) is 0 Å². The van der Waals surface area contributed by atoms with Crippen molar-refractivity contribution in [3.05, 3.63) is 40.0 Å². The Morgan fingerprint density at radius 3 is 2.79 bits per heavy atom. The van der Waals surface area contributed by atoms with Crippen LogP contribution in [-0.4, -0.2) is 24.3 Å². The van der Waals surface area contributed by atoms with Gasteiger partial charge < -0.3 is 14.6 Å². The van der Waals surface area contributed by atoms with Crippen LogP contribution in [0, 0.1) is 3.57 Å². The molecule has 0 saturated heterocycles. The van der Waals surface area contributed by atoms with E-state index in [9.17, 15) is 4.79 Å². The van der Waals surface area contributed by atoms with Gasteiger partial charge in [0.15, 0.2) is 11.5 Å². The first-order chi connectivity index (χ1) is 9.08. The highest BCUT2D eigenvalue weighted by Crippen LogP contribution is 2.34. The highest BCUT2D eigenvalue weighted by Gasteiger charge is 2.11. The number of benzene rings is 1. The molecule has 0 radical (unpaired) electrons. The van der Waals surface area contributed by atoms with Gasteiger partial charge in [-0.25, -0.2) is 4.79 Å². The van der Waals surface area contributed by atoms with Gasteiger partial charge in [0.2, 0.25) is 0 Å². The van der Waals surface area contributed by atoms with Gasteiger partial charge in [0.05, 0.1) is 10.2 Å². The van der Waals surface area contributed by atoms with E-state index in [0.717, 1.165) is 15.2 Å². The molecule has 1 rings (SSSR count). The minimum absolute atomic E-state index is 0.389. The summed E-state index contributed by atoms with van der Waals surface area (Å²) in [4.78, 5) is 10.5. The molecular weight excluding hydrogens is 359 g/mol. The van der Waals surface area contributed by atoms with E-state index >= 15 is 0 Å². The normalized spacial score (nSPS) is 10.4. The molecule has 0 fully saturated rings. The molecule has 5 heteroatoms. The third-order valence-corrected chi connectivity index (χ3v) is 2.90. The summed E-state index contributed by atoms with van der Waals surface area (Å²) in [7, 11) is 0. The molecule has 0 aliphatic carbocycles. The second kappa shape index (κ2) is 7.83. The predicted octanol–water partition coefficient (Wildman–Crippen LogP) is 3.35. The molecule has 1 aromatic rings. The van der Waals surface area contributed by atoms with Crippen LogP contribution in [0.3, 0.4) is 0 Å². The van der Waals surface area contributed by atoms with Gasteiger partial charge in [-0.3, -0.25) is 0 Å². The van der Waals surface area contributed by atoms with Crippen LogP contribution in [0.15, 0.2) is 30.9 Å². The molecule has 0 aliphatic rings. The standard InChI is InChI=1S/C14H15IO4/c1-3-7-19-14-11(15)8-10(5-6-13(16)17)9-12(14)18-4-2/h3,5-6,8-9H,1,4,7H2,2H3,(H,16,17). The van der Waals surface area contributed by atoms with Crippen molar-refractivity contribution < 1.29 is 19.4 Å².